The first-order valence-electron chi connectivity index (χ1n) is 11.8. The maximum Gasteiger partial charge on any atom is 0.277 e. The quantitative estimate of drug-likeness (QED) is 0.349. The average molecular weight is 504 g/mol. The molecule has 1 atom stereocenters. The van der Waals surface area contributed by atoms with Gasteiger partial charge in [0.1, 0.15) is 0 Å². The van der Waals surface area contributed by atoms with Crippen molar-refractivity contribution in [2.45, 2.75) is 83.6 Å². The zero-order valence-corrected chi connectivity index (χ0v) is 22.1. The van der Waals surface area contributed by atoms with Gasteiger partial charge in [0.2, 0.25) is 10.0 Å². The van der Waals surface area contributed by atoms with E-state index in [-0.39, 0.29) is 12.0 Å². The van der Waals surface area contributed by atoms with Crippen molar-refractivity contribution >= 4 is 20.2 Å². The molecule has 33 heavy (non-hydrogen) atoms. The van der Waals surface area contributed by atoms with Crippen molar-refractivity contribution in [1.82, 2.24) is 14.2 Å². The molecule has 1 aromatic rings. The third kappa shape index (κ3) is 8.60. The van der Waals surface area contributed by atoms with Crippen molar-refractivity contribution in [1.29, 1.82) is 0 Å². The summed E-state index contributed by atoms with van der Waals surface area (Å²) in [6.07, 6.45) is 3.52. The Morgan fingerprint density at radius 1 is 0.970 bits per heavy atom. The number of hydrogen-bond acceptors (Lipinski definition) is 5. The second-order valence-corrected chi connectivity index (χ2v) is 13.8. The van der Waals surface area contributed by atoms with E-state index in [1.807, 2.05) is 24.3 Å². The van der Waals surface area contributed by atoms with Gasteiger partial charge >= 0.3 is 0 Å². The van der Waals surface area contributed by atoms with Crippen LogP contribution in [0, 0.1) is 11.8 Å². The fourth-order valence-corrected chi connectivity index (χ4v) is 6.12. The van der Waals surface area contributed by atoms with E-state index in [9.17, 15) is 21.9 Å². The largest absolute Gasteiger partial charge is 0.385 e. The minimum absolute atomic E-state index is 0.162. The number of aliphatic hydroxyl groups is 1. The lowest BCUT2D eigenvalue weighted by Crippen LogP contribution is -2.41. The molecule has 1 fully saturated rings. The van der Waals surface area contributed by atoms with E-state index >= 15 is 0 Å². The Hall–Kier alpha value is -1.04. The van der Waals surface area contributed by atoms with Crippen molar-refractivity contribution in [3.8, 4) is 0 Å². The summed E-state index contributed by atoms with van der Waals surface area (Å²) in [5, 5.41) is 10.8. The highest BCUT2D eigenvalue weighted by atomic mass is 32.2. The van der Waals surface area contributed by atoms with Crippen LogP contribution in [0.25, 0.3) is 0 Å². The van der Waals surface area contributed by atoms with E-state index in [1.165, 1.54) is 0 Å². The summed E-state index contributed by atoms with van der Waals surface area (Å²) in [6.45, 7) is 9.66. The van der Waals surface area contributed by atoms with Crippen LogP contribution in [0.3, 0.4) is 0 Å². The van der Waals surface area contributed by atoms with Crippen LogP contribution in [-0.4, -0.2) is 46.3 Å². The molecule has 0 aromatic heterocycles. The monoisotopic (exact) mass is 503 g/mol. The molecule has 0 amide bonds. The second kappa shape index (κ2) is 11.6. The molecule has 0 spiro atoms. The fourth-order valence-electron chi connectivity index (χ4n) is 4.22. The van der Waals surface area contributed by atoms with Gasteiger partial charge in [-0.1, -0.05) is 31.2 Å². The van der Waals surface area contributed by atoms with Crippen LogP contribution in [0.5, 0.6) is 0 Å². The molecule has 0 aliphatic heterocycles. The zero-order valence-electron chi connectivity index (χ0n) is 20.5. The molecule has 2 rings (SSSR count). The molecular formula is C23H41N3O5S2. The summed E-state index contributed by atoms with van der Waals surface area (Å²) in [7, 11) is -6.76. The Balaban J connectivity index is 1.85. The Labute approximate surface area is 200 Å². The van der Waals surface area contributed by atoms with Gasteiger partial charge < -0.3 is 5.11 Å². The summed E-state index contributed by atoms with van der Waals surface area (Å²) in [5.41, 5.74) is 0.990. The molecular weight excluding hydrogens is 462 g/mol. The highest BCUT2D eigenvalue weighted by Crippen LogP contribution is 2.41. The summed E-state index contributed by atoms with van der Waals surface area (Å²) < 4.78 is 55.4. The molecule has 0 bridgehead atoms. The normalized spacial score (nSPS) is 23.2. The highest BCUT2D eigenvalue weighted by Gasteiger charge is 2.36. The van der Waals surface area contributed by atoms with Gasteiger partial charge in [-0.3, -0.25) is 0 Å². The van der Waals surface area contributed by atoms with Crippen LogP contribution >= 0.6 is 0 Å². The van der Waals surface area contributed by atoms with Gasteiger partial charge in [-0.2, -0.15) is 13.1 Å². The Bertz CT molecular complexity index is 952. The van der Waals surface area contributed by atoms with Crippen LogP contribution < -0.4 is 14.2 Å². The number of rotatable bonds is 12. The third-order valence-electron chi connectivity index (χ3n) is 6.48. The average Bonchev–Trinajstić information content (AvgIpc) is 2.72. The van der Waals surface area contributed by atoms with Crippen molar-refractivity contribution in [3.05, 3.63) is 35.4 Å². The predicted molar refractivity (Wildman–Crippen MR) is 132 cm³/mol. The van der Waals surface area contributed by atoms with Gasteiger partial charge in [-0.25, -0.2) is 17.9 Å². The number of hydrogen-bond donors (Lipinski definition) is 4. The van der Waals surface area contributed by atoms with Crippen LogP contribution in [0.4, 0.5) is 0 Å². The molecule has 8 nitrogen and oxygen atoms in total. The summed E-state index contributed by atoms with van der Waals surface area (Å²) in [6, 6.07) is 7.57. The van der Waals surface area contributed by atoms with Gasteiger partial charge in [0.25, 0.3) is 10.2 Å². The van der Waals surface area contributed by atoms with Crippen molar-refractivity contribution < 1.29 is 21.9 Å². The van der Waals surface area contributed by atoms with Gasteiger partial charge in [0, 0.05) is 19.1 Å². The Kier molecular flexibility index (Phi) is 9.91. The third-order valence-corrected chi connectivity index (χ3v) is 9.65. The van der Waals surface area contributed by atoms with E-state index in [4.69, 9.17) is 0 Å². The number of sulfonamides is 1. The zero-order chi connectivity index (χ0) is 24.9. The molecule has 0 heterocycles. The van der Waals surface area contributed by atoms with Gasteiger partial charge in [0.15, 0.2) is 0 Å². The topological polar surface area (TPSA) is 125 Å². The molecule has 1 aliphatic carbocycles. The SMILES string of the molecule is CC(C)NS(=O)(=O)NCCc1ccc(C2(O)CCC(C(C)CNS(=O)(=O)C(C)C)CC2)cc1. The maximum atomic E-state index is 12.0. The smallest absolute Gasteiger partial charge is 0.277 e. The fraction of sp³-hybridized carbons (Fsp3) is 0.739. The van der Waals surface area contributed by atoms with Gasteiger partial charge in [-0.05, 0) is 82.8 Å². The minimum Gasteiger partial charge on any atom is -0.385 e. The Morgan fingerprint density at radius 3 is 2.06 bits per heavy atom. The summed E-state index contributed by atoms with van der Waals surface area (Å²) in [4.78, 5) is 0. The van der Waals surface area contributed by atoms with Crippen LogP contribution in [0.15, 0.2) is 24.3 Å². The first-order valence-corrected chi connectivity index (χ1v) is 14.8. The summed E-state index contributed by atoms with van der Waals surface area (Å²) in [5.74, 6) is 0.575. The maximum absolute atomic E-state index is 12.0. The lowest BCUT2D eigenvalue weighted by molar-refractivity contribution is -0.0207. The van der Waals surface area contributed by atoms with E-state index in [2.05, 4.69) is 21.1 Å². The van der Waals surface area contributed by atoms with Crippen molar-refractivity contribution in [2.75, 3.05) is 13.1 Å². The highest BCUT2D eigenvalue weighted by molar-refractivity contribution is 7.90. The van der Waals surface area contributed by atoms with E-state index in [1.54, 1.807) is 27.7 Å². The Morgan fingerprint density at radius 2 is 1.55 bits per heavy atom. The molecule has 1 aliphatic rings. The second-order valence-electron chi connectivity index (χ2n) is 9.91. The lowest BCUT2D eigenvalue weighted by atomic mass is 9.71. The predicted octanol–water partition coefficient (Wildman–Crippen LogP) is 2.40. The number of benzene rings is 1. The molecule has 4 N–H and O–H groups in total. The molecule has 10 heteroatoms. The van der Waals surface area contributed by atoms with E-state index < -0.39 is 31.1 Å². The molecule has 1 unspecified atom stereocenters. The van der Waals surface area contributed by atoms with E-state index in [0.717, 1.165) is 24.0 Å². The standard InChI is InChI=1S/C23H41N3O5S2/c1-17(2)26-33(30,31)24-15-12-20-6-8-22(9-7-20)23(27)13-10-21(11-14-23)19(5)16-25-32(28,29)18(3)4/h6-9,17-19,21,24-27H,10-16H2,1-5H3. The van der Waals surface area contributed by atoms with Gasteiger partial charge in [-0.15, -0.1) is 0 Å². The molecule has 190 valence electrons. The van der Waals surface area contributed by atoms with Crippen LogP contribution in [-0.2, 0) is 32.3 Å². The minimum atomic E-state index is -3.49. The van der Waals surface area contributed by atoms with Crippen LogP contribution in [0.2, 0.25) is 0 Å². The molecule has 1 saturated carbocycles. The molecule has 0 saturated heterocycles. The van der Waals surface area contributed by atoms with Crippen LogP contribution in [0.1, 0.15) is 71.4 Å². The first-order chi connectivity index (χ1) is 15.2. The molecule has 1 aromatic carbocycles. The van der Waals surface area contributed by atoms with Gasteiger partial charge in [0.05, 0.1) is 10.9 Å². The van der Waals surface area contributed by atoms with Crippen molar-refractivity contribution in [2.24, 2.45) is 11.8 Å². The molecule has 0 radical (unpaired) electrons. The lowest BCUT2D eigenvalue weighted by Gasteiger charge is -2.38. The van der Waals surface area contributed by atoms with Crippen molar-refractivity contribution in [3.63, 3.8) is 0 Å². The summed E-state index contributed by atoms with van der Waals surface area (Å²) >= 11 is 0. The first kappa shape index (κ1) is 28.2. The number of nitrogens with one attached hydrogen (secondary N) is 3. The van der Waals surface area contributed by atoms with E-state index in [0.29, 0.717) is 38.3 Å².